The van der Waals surface area contributed by atoms with Gasteiger partial charge in [0.15, 0.2) is 5.82 Å². The highest BCUT2D eigenvalue weighted by Crippen LogP contribution is 2.15. The summed E-state index contributed by atoms with van der Waals surface area (Å²) in [5.74, 6) is 1.56. The van der Waals surface area contributed by atoms with Crippen molar-refractivity contribution in [3.8, 4) is 0 Å². The van der Waals surface area contributed by atoms with Crippen LogP contribution >= 0.6 is 0 Å². The van der Waals surface area contributed by atoms with Crippen molar-refractivity contribution in [2.45, 2.75) is 0 Å². The number of rotatable bonds is 5. The summed E-state index contributed by atoms with van der Waals surface area (Å²) in [6, 6.07) is 10.1. The van der Waals surface area contributed by atoms with E-state index in [-0.39, 0.29) is 0 Å². The van der Waals surface area contributed by atoms with Crippen LogP contribution in [-0.2, 0) is 4.74 Å². The molecule has 0 amide bonds. The van der Waals surface area contributed by atoms with Gasteiger partial charge in [-0.25, -0.2) is 9.97 Å². The molecular weight excluding hydrogens is 304 g/mol. The molecule has 0 bridgehead atoms. The van der Waals surface area contributed by atoms with Gasteiger partial charge in [0.1, 0.15) is 12.1 Å². The van der Waals surface area contributed by atoms with Crippen molar-refractivity contribution in [2.24, 2.45) is 5.10 Å². The Labute approximate surface area is 142 Å². The first-order valence-electron chi connectivity index (χ1n) is 7.93. The molecular formula is C17H22N6O. The van der Waals surface area contributed by atoms with Gasteiger partial charge < -0.3 is 14.5 Å². The number of anilines is 3. The summed E-state index contributed by atoms with van der Waals surface area (Å²) < 4.78 is 5.36. The van der Waals surface area contributed by atoms with E-state index in [2.05, 4.69) is 42.4 Å². The van der Waals surface area contributed by atoms with Crippen molar-refractivity contribution >= 4 is 23.5 Å². The summed E-state index contributed by atoms with van der Waals surface area (Å²) in [6.45, 7) is 3.15. The number of benzene rings is 1. The fourth-order valence-corrected chi connectivity index (χ4v) is 2.41. The summed E-state index contributed by atoms with van der Waals surface area (Å²) >= 11 is 0. The average molecular weight is 326 g/mol. The van der Waals surface area contributed by atoms with Crippen molar-refractivity contribution in [1.29, 1.82) is 0 Å². The summed E-state index contributed by atoms with van der Waals surface area (Å²) in [5, 5.41) is 4.25. The molecule has 0 radical (unpaired) electrons. The van der Waals surface area contributed by atoms with Gasteiger partial charge in [0.25, 0.3) is 0 Å². The van der Waals surface area contributed by atoms with Crippen molar-refractivity contribution in [3.05, 3.63) is 42.2 Å². The molecule has 0 unspecified atom stereocenters. The molecule has 1 aromatic carbocycles. The van der Waals surface area contributed by atoms with Crippen LogP contribution in [0.3, 0.4) is 0 Å². The molecule has 1 aliphatic rings. The van der Waals surface area contributed by atoms with E-state index < -0.39 is 0 Å². The zero-order valence-corrected chi connectivity index (χ0v) is 14.0. The molecule has 126 valence electrons. The first-order chi connectivity index (χ1) is 11.7. The van der Waals surface area contributed by atoms with Crippen LogP contribution in [0.5, 0.6) is 0 Å². The van der Waals surface area contributed by atoms with Crippen LogP contribution in [0.15, 0.2) is 41.8 Å². The van der Waals surface area contributed by atoms with E-state index in [1.165, 1.54) is 0 Å². The third-order valence-corrected chi connectivity index (χ3v) is 3.79. The lowest BCUT2D eigenvalue weighted by Crippen LogP contribution is -2.36. The quantitative estimate of drug-likeness (QED) is 0.668. The minimum atomic E-state index is 0.674. The molecule has 2 aromatic rings. The fraction of sp³-hybridized carbons (Fsp3) is 0.353. The van der Waals surface area contributed by atoms with Gasteiger partial charge in [-0.15, -0.1) is 0 Å². The molecule has 1 fully saturated rings. The topological polar surface area (TPSA) is 65.9 Å². The first-order valence-corrected chi connectivity index (χ1v) is 7.93. The Bertz CT molecular complexity index is 680. The van der Waals surface area contributed by atoms with Gasteiger partial charge in [-0.1, -0.05) is 12.1 Å². The standard InChI is InChI=1S/C17H22N6O/c1-22(2)15-5-3-14(4-6-15)12-20-21-16-11-17(19-13-18-16)23-7-9-24-10-8-23/h3-6,11-13H,7-10H2,1-2H3,(H,18,19,21). The molecule has 7 heteroatoms. The molecule has 3 rings (SSSR count). The molecule has 0 aliphatic carbocycles. The Morgan fingerprint density at radius 2 is 1.92 bits per heavy atom. The lowest BCUT2D eigenvalue weighted by atomic mass is 10.2. The van der Waals surface area contributed by atoms with E-state index in [4.69, 9.17) is 4.74 Å². The maximum absolute atomic E-state index is 5.36. The fourth-order valence-electron chi connectivity index (χ4n) is 2.41. The van der Waals surface area contributed by atoms with Crippen LogP contribution in [0.1, 0.15) is 5.56 Å². The number of hydrazone groups is 1. The predicted molar refractivity (Wildman–Crippen MR) is 97.0 cm³/mol. The van der Waals surface area contributed by atoms with E-state index in [9.17, 15) is 0 Å². The Balaban J connectivity index is 1.61. The Kier molecular flexibility index (Phi) is 5.22. The smallest absolute Gasteiger partial charge is 0.151 e. The second-order valence-electron chi connectivity index (χ2n) is 5.72. The summed E-state index contributed by atoms with van der Waals surface area (Å²) in [4.78, 5) is 12.8. The second-order valence-corrected chi connectivity index (χ2v) is 5.72. The van der Waals surface area contributed by atoms with Crippen molar-refractivity contribution in [2.75, 3.05) is 55.6 Å². The van der Waals surface area contributed by atoms with Gasteiger partial charge >= 0.3 is 0 Å². The minimum absolute atomic E-state index is 0.674. The summed E-state index contributed by atoms with van der Waals surface area (Å²) in [6.07, 6.45) is 3.32. The molecule has 24 heavy (non-hydrogen) atoms. The van der Waals surface area contributed by atoms with E-state index in [0.717, 1.165) is 43.4 Å². The SMILES string of the molecule is CN(C)c1ccc(C=NNc2cc(N3CCOCC3)ncn2)cc1. The van der Waals surface area contributed by atoms with Crippen LogP contribution in [-0.4, -0.2) is 56.6 Å². The highest BCUT2D eigenvalue weighted by Gasteiger charge is 2.12. The molecule has 1 saturated heterocycles. The molecule has 2 heterocycles. The van der Waals surface area contributed by atoms with Gasteiger partial charge in [-0.05, 0) is 17.7 Å². The number of hydrogen-bond acceptors (Lipinski definition) is 7. The number of nitrogens with zero attached hydrogens (tertiary/aromatic N) is 5. The van der Waals surface area contributed by atoms with Crippen LogP contribution in [0.25, 0.3) is 0 Å². The van der Waals surface area contributed by atoms with Crippen LogP contribution in [0.4, 0.5) is 17.3 Å². The van der Waals surface area contributed by atoms with Gasteiger partial charge in [-0.3, -0.25) is 5.43 Å². The third-order valence-electron chi connectivity index (χ3n) is 3.79. The highest BCUT2D eigenvalue weighted by molar-refractivity contribution is 5.80. The van der Waals surface area contributed by atoms with Gasteiger partial charge in [0.2, 0.25) is 0 Å². The number of nitrogens with one attached hydrogen (secondary N) is 1. The third kappa shape index (κ3) is 4.20. The molecule has 0 saturated carbocycles. The van der Waals surface area contributed by atoms with Crippen LogP contribution < -0.4 is 15.2 Å². The van der Waals surface area contributed by atoms with Crippen LogP contribution in [0.2, 0.25) is 0 Å². The molecule has 7 nitrogen and oxygen atoms in total. The number of hydrogen-bond donors (Lipinski definition) is 1. The largest absolute Gasteiger partial charge is 0.378 e. The predicted octanol–water partition coefficient (Wildman–Crippen LogP) is 1.83. The second kappa shape index (κ2) is 7.74. The monoisotopic (exact) mass is 326 g/mol. The van der Waals surface area contributed by atoms with Crippen LogP contribution in [0, 0.1) is 0 Å². The normalized spacial score (nSPS) is 14.8. The van der Waals surface area contributed by atoms with Crippen molar-refractivity contribution < 1.29 is 4.74 Å². The molecule has 1 aliphatic heterocycles. The molecule has 1 aromatic heterocycles. The number of morpholine rings is 1. The zero-order chi connectivity index (χ0) is 16.8. The van der Waals surface area contributed by atoms with Gasteiger partial charge in [-0.2, -0.15) is 5.10 Å². The highest BCUT2D eigenvalue weighted by atomic mass is 16.5. The van der Waals surface area contributed by atoms with Gasteiger partial charge in [0, 0.05) is 38.9 Å². The number of ether oxygens (including phenoxy) is 1. The Hall–Kier alpha value is -2.67. The number of aromatic nitrogens is 2. The Morgan fingerprint density at radius 3 is 2.62 bits per heavy atom. The van der Waals surface area contributed by atoms with Crippen molar-refractivity contribution in [1.82, 2.24) is 9.97 Å². The molecule has 0 atom stereocenters. The maximum Gasteiger partial charge on any atom is 0.151 e. The summed E-state index contributed by atoms with van der Waals surface area (Å²) in [5.41, 5.74) is 5.14. The average Bonchev–Trinajstić information content (AvgIpc) is 2.63. The maximum atomic E-state index is 5.36. The molecule has 1 N–H and O–H groups in total. The zero-order valence-electron chi connectivity index (χ0n) is 14.0. The Morgan fingerprint density at radius 1 is 1.17 bits per heavy atom. The lowest BCUT2D eigenvalue weighted by molar-refractivity contribution is 0.122. The van der Waals surface area contributed by atoms with E-state index >= 15 is 0 Å². The van der Waals surface area contributed by atoms with Crippen molar-refractivity contribution in [3.63, 3.8) is 0 Å². The summed E-state index contributed by atoms with van der Waals surface area (Å²) in [7, 11) is 4.04. The van der Waals surface area contributed by atoms with E-state index in [1.54, 1.807) is 12.5 Å². The first kappa shape index (κ1) is 16.2. The van der Waals surface area contributed by atoms with E-state index in [1.807, 2.05) is 32.3 Å². The van der Waals surface area contributed by atoms with Gasteiger partial charge in [0.05, 0.1) is 19.4 Å². The lowest BCUT2D eigenvalue weighted by Gasteiger charge is -2.27. The minimum Gasteiger partial charge on any atom is -0.378 e. The molecule has 0 spiro atoms. The van der Waals surface area contributed by atoms with E-state index in [0.29, 0.717) is 5.82 Å².